The van der Waals surface area contributed by atoms with E-state index >= 15 is 0 Å². The summed E-state index contributed by atoms with van der Waals surface area (Å²) in [5.74, 6) is -0.0583. The van der Waals surface area contributed by atoms with Crippen LogP contribution in [-0.4, -0.2) is 51.9 Å². The van der Waals surface area contributed by atoms with Gasteiger partial charge >= 0.3 is 6.03 Å². The Labute approximate surface area is 195 Å². The molecule has 1 aromatic rings. The maximum absolute atomic E-state index is 14.1. The number of nitrogens with zero attached hydrogens (tertiary/aromatic N) is 1. The van der Waals surface area contributed by atoms with E-state index in [4.69, 9.17) is 4.74 Å². The summed E-state index contributed by atoms with van der Waals surface area (Å²) in [5.41, 5.74) is 1.96. The lowest BCUT2D eigenvalue weighted by atomic mass is 10.1. The highest BCUT2D eigenvalue weighted by Crippen LogP contribution is 2.26. The Kier molecular flexibility index (Phi) is 8.68. The highest BCUT2D eigenvalue weighted by molar-refractivity contribution is 7.99. The van der Waals surface area contributed by atoms with Gasteiger partial charge in [0.1, 0.15) is 6.61 Å². The van der Waals surface area contributed by atoms with Crippen molar-refractivity contribution in [2.24, 2.45) is 0 Å². The largest absolute Gasteiger partial charge is 0.486 e. The van der Waals surface area contributed by atoms with E-state index in [1.54, 1.807) is 22.4 Å². The number of allylic oxidation sites excluding steroid dienone is 2. The quantitative estimate of drug-likeness (QED) is 0.356. The predicted octanol–water partition coefficient (Wildman–Crippen LogP) is 3.49. The molecule has 3 amide bonds. The van der Waals surface area contributed by atoms with Crippen molar-refractivity contribution < 1.29 is 22.9 Å². The van der Waals surface area contributed by atoms with Crippen LogP contribution in [0.2, 0.25) is 0 Å². The Bertz CT molecular complexity index is 1060. The van der Waals surface area contributed by atoms with Gasteiger partial charge in [-0.3, -0.25) is 14.3 Å². The number of benzene rings is 1. The Morgan fingerprint density at radius 2 is 2.12 bits per heavy atom. The Hall–Kier alpha value is -2.65. The van der Waals surface area contributed by atoms with Crippen molar-refractivity contribution in [3.63, 3.8) is 0 Å². The van der Waals surface area contributed by atoms with Crippen LogP contribution in [0.25, 0.3) is 0 Å². The fraction of sp³-hybridized carbons (Fsp3) is 0.458. The number of hydrogen-bond acceptors (Lipinski definition) is 4. The number of nitrogens with one attached hydrogen (secondary N) is 2. The van der Waals surface area contributed by atoms with Crippen molar-refractivity contribution in [2.75, 3.05) is 25.4 Å². The molecular weight excluding hydrogens is 445 g/mol. The molecule has 3 rings (SSSR count). The molecule has 1 aliphatic heterocycles. The molecule has 1 fully saturated rings. The minimum Gasteiger partial charge on any atom is -0.486 e. The van der Waals surface area contributed by atoms with Crippen molar-refractivity contribution >= 4 is 27.0 Å². The molecule has 0 saturated carbocycles. The molecule has 1 aromatic carbocycles. The van der Waals surface area contributed by atoms with Crippen molar-refractivity contribution in [1.29, 1.82) is 0 Å². The van der Waals surface area contributed by atoms with Crippen molar-refractivity contribution in [3.8, 4) is 5.75 Å². The van der Waals surface area contributed by atoms with Crippen molar-refractivity contribution in [3.05, 3.63) is 53.4 Å². The van der Waals surface area contributed by atoms with Crippen LogP contribution in [-0.2, 0) is 14.5 Å². The van der Waals surface area contributed by atoms with Crippen LogP contribution in [0, 0.1) is 5.82 Å². The van der Waals surface area contributed by atoms with Crippen LogP contribution in [0.15, 0.2) is 42.0 Å². The van der Waals surface area contributed by atoms with Gasteiger partial charge in [0.2, 0.25) is 5.91 Å². The number of ether oxygens (including phenoxy) is 1. The number of hydrogen-bond donors (Lipinski definition) is 2. The summed E-state index contributed by atoms with van der Waals surface area (Å²) >= 11 is 0. The maximum atomic E-state index is 14.1. The van der Waals surface area contributed by atoms with Gasteiger partial charge in [-0.1, -0.05) is 31.2 Å². The zero-order valence-corrected chi connectivity index (χ0v) is 20.0. The van der Waals surface area contributed by atoms with Gasteiger partial charge < -0.3 is 9.64 Å². The standard InChI is InChI=1S/C24H32FN3O4S/c1-3-14-33(31,15-6-4-5-12-28-13-11-23(29)26-24(28)30)27-18(2)20-9-10-21(25)22(16-20)32-17-19-7-8-19/h4-5,7,9-10,14,16,18H,3,6,8,11-13,15,17H2,1-2H3,(H,27,31)(H,26,29,30)/b5-4+/t18-,33?/m1/s1. The number of halogens is 1. The maximum Gasteiger partial charge on any atom is 0.324 e. The molecule has 1 unspecified atom stereocenters. The third-order valence-corrected chi connectivity index (χ3v) is 7.86. The summed E-state index contributed by atoms with van der Waals surface area (Å²) in [6.07, 6.45) is 8.23. The Balaban J connectivity index is 1.55. The zero-order valence-electron chi connectivity index (χ0n) is 19.1. The van der Waals surface area contributed by atoms with Crippen LogP contribution in [0.1, 0.15) is 51.1 Å². The van der Waals surface area contributed by atoms with E-state index in [1.165, 1.54) is 6.07 Å². The van der Waals surface area contributed by atoms with E-state index in [0.717, 1.165) is 17.6 Å². The summed E-state index contributed by atoms with van der Waals surface area (Å²) in [4.78, 5) is 24.5. The van der Waals surface area contributed by atoms with Crippen molar-refractivity contribution in [2.45, 2.75) is 45.6 Å². The van der Waals surface area contributed by atoms with Crippen LogP contribution >= 0.6 is 0 Å². The highest BCUT2D eigenvalue weighted by atomic mass is 32.2. The molecule has 2 atom stereocenters. The molecule has 1 saturated heterocycles. The normalized spacial score (nSPS) is 18.5. The molecule has 2 aliphatic rings. The van der Waals surface area contributed by atoms with Crippen molar-refractivity contribution in [1.82, 2.24) is 14.9 Å². The molecule has 0 radical (unpaired) electrons. The molecular formula is C24H32FN3O4S. The highest BCUT2D eigenvalue weighted by Gasteiger charge is 2.21. The number of carbonyl (C=O) groups excluding carboxylic acids is 2. The molecule has 33 heavy (non-hydrogen) atoms. The predicted molar refractivity (Wildman–Crippen MR) is 129 cm³/mol. The van der Waals surface area contributed by atoms with Crippen LogP contribution in [0.3, 0.4) is 0 Å². The second kappa shape index (κ2) is 11.5. The lowest BCUT2D eigenvalue weighted by Crippen LogP contribution is -2.49. The van der Waals surface area contributed by atoms with E-state index in [0.29, 0.717) is 44.7 Å². The summed E-state index contributed by atoms with van der Waals surface area (Å²) < 4.78 is 36.4. The lowest BCUT2D eigenvalue weighted by Gasteiger charge is -2.25. The van der Waals surface area contributed by atoms with Crippen LogP contribution in [0.4, 0.5) is 9.18 Å². The van der Waals surface area contributed by atoms with Gasteiger partial charge in [0, 0.05) is 41.0 Å². The average Bonchev–Trinajstić information content (AvgIpc) is 3.59. The van der Waals surface area contributed by atoms with E-state index < -0.39 is 15.5 Å². The van der Waals surface area contributed by atoms with Crippen LogP contribution < -0.4 is 14.8 Å². The topological polar surface area (TPSA) is 87.7 Å². The average molecular weight is 478 g/mol. The van der Waals surface area contributed by atoms with E-state index in [9.17, 15) is 18.2 Å². The molecule has 180 valence electrons. The third kappa shape index (κ3) is 7.71. The fourth-order valence-corrected chi connectivity index (χ4v) is 5.56. The molecule has 9 heteroatoms. The van der Waals surface area contributed by atoms with Gasteiger partial charge in [0.15, 0.2) is 11.6 Å². The Morgan fingerprint density at radius 1 is 1.33 bits per heavy atom. The molecule has 0 bridgehead atoms. The number of carbonyl (C=O) groups is 2. The first-order valence-electron chi connectivity index (χ1n) is 11.3. The van der Waals surface area contributed by atoms with E-state index in [1.807, 2.05) is 32.1 Å². The number of imide groups is 1. The minimum absolute atomic E-state index is 0.200. The van der Waals surface area contributed by atoms with Crippen LogP contribution in [0.5, 0.6) is 5.75 Å². The molecule has 1 heterocycles. The van der Waals surface area contributed by atoms with E-state index in [2.05, 4.69) is 10.0 Å². The SMILES string of the molecule is CCC=S(=O)(CC/C=C/CN1CCC(=O)NC1=O)N[C@H](C)c1ccc(F)c(OCC2=CC2)c1. The first-order chi connectivity index (χ1) is 15.8. The summed E-state index contributed by atoms with van der Waals surface area (Å²) in [7, 11) is -2.46. The summed E-state index contributed by atoms with van der Waals surface area (Å²) in [6, 6.07) is 4.07. The molecule has 7 nitrogen and oxygen atoms in total. The lowest BCUT2D eigenvalue weighted by molar-refractivity contribution is -0.121. The second-order valence-electron chi connectivity index (χ2n) is 8.20. The monoisotopic (exact) mass is 477 g/mol. The molecule has 0 spiro atoms. The molecule has 2 N–H and O–H groups in total. The molecule has 1 aliphatic carbocycles. The molecule has 0 aromatic heterocycles. The third-order valence-electron chi connectivity index (χ3n) is 5.40. The number of amides is 3. The van der Waals surface area contributed by atoms with Gasteiger partial charge in [-0.25, -0.2) is 13.9 Å². The smallest absolute Gasteiger partial charge is 0.324 e. The van der Waals surface area contributed by atoms with Gasteiger partial charge in [-0.05, 0) is 54.8 Å². The minimum atomic E-state index is -2.46. The van der Waals surface area contributed by atoms with E-state index in [-0.39, 0.29) is 23.7 Å². The summed E-state index contributed by atoms with van der Waals surface area (Å²) in [5, 5.41) is 4.08. The summed E-state index contributed by atoms with van der Waals surface area (Å²) in [6.45, 7) is 5.03. The number of rotatable bonds is 12. The second-order valence-corrected chi connectivity index (χ2v) is 10.6. The van der Waals surface area contributed by atoms with Gasteiger partial charge in [0.25, 0.3) is 0 Å². The fourth-order valence-electron chi connectivity index (χ4n) is 3.42. The first-order valence-corrected chi connectivity index (χ1v) is 13.0. The van der Waals surface area contributed by atoms with Gasteiger partial charge in [-0.2, -0.15) is 0 Å². The van der Waals surface area contributed by atoms with Gasteiger partial charge in [-0.15, -0.1) is 0 Å². The first kappa shape index (κ1) is 25.0. The van der Waals surface area contributed by atoms with Gasteiger partial charge in [0.05, 0.1) is 0 Å². The Morgan fingerprint density at radius 3 is 2.82 bits per heavy atom. The number of urea groups is 1. The zero-order chi connectivity index (χ0) is 23.8.